The van der Waals surface area contributed by atoms with E-state index in [9.17, 15) is 32.3 Å². The number of aromatic amines is 1. The maximum atomic E-state index is 15.5. The highest BCUT2D eigenvalue weighted by Crippen LogP contribution is 2.38. The van der Waals surface area contributed by atoms with E-state index in [4.69, 9.17) is 9.90 Å². The molecule has 260 valence electrons. The lowest BCUT2D eigenvalue weighted by Crippen LogP contribution is -2.54. The predicted molar refractivity (Wildman–Crippen MR) is 156 cm³/mol. The first-order valence-corrected chi connectivity index (χ1v) is 15.4. The molecule has 2 unspecified atom stereocenters. The van der Waals surface area contributed by atoms with Crippen LogP contribution in [-0.2, 0) is 20.8 Å². The summed E-state index contributed by atoms with van der Waals surface area (Å²) in [6.07, 6.45) is -0.398. The van der Waals surface area contributed by atoms with Gasteiger partial charge in [0.1, 0.15) is 23.7 Å². The van der Waals surface area contributed by atoms with E-state index in [1.54, 1.807) is 0 Å². The first kappa shape index (κ1) is 33.6. The van der Waals surface area contributed by atoms with Crippen LogP contribution in [0, 0.1) is 5.82 Å². The van der Waals surface area contributed by atoms with Gasteiger partial charge in [0.25, 0.3) is 11.8 Å². The van der Waals surface area contributed by atoms with Crippen molar-refractivity contribution >= 4 is 35.3 Å². The number of rotatable bonds is 7. The van der Waals surface area contributed by atoms with Gasteiger partial charge in [-0.1, -0.05) is 6.92 Å². The number of aryl methyl sites for hydroxylation is 1. The van der Waals surface area contributed by atoms with E-state index in [2.05, 4.69) is 35.7 Å². The Balaban J connectivity index is 0.000000540. The van der Waals surface area contributed by atoms with Crippen LogP contribution in [-0.4, -0.2) is 113 Å². The van der Waals surface area contributed by atoms with Crippen molar-refractivity contribution in [2.45, 2.75) is 63.3 Å². The molecule has 1 aliphatic carbocycles. The van der Waals surface area contributed by atoms with Gasteiger partial charge >= 0.3 is 12.1 Å². The Morgan fingerprint density at radius 2 is 1.69 bits per heavy atom. The average Bonchev–Trinajstić information content (AvgIpc) is 3.50. The van der Waals surface area contributed by atoms with Gasteiger partial charge in [0.15, 0.2) is 5.82 Å². The highest BCUT2D eigenvalue weighted by molar-refractivity contribution is 6.23. The Morgan fingerprint density at radius 3 is 2.27 bits per heavy atom. The number of benzene rings is 1. The van der Waals surface area contributed by atoms with Crippen LogP contribution in [0.5, 0.6) is 0 Å². The molecule has 16 nitrogen and oxygen atoms in total. The monoisotopic (exact) mass is 690 g/mol. The molecule has 4 aliphatic rings. The number of carbonyl (C=O) groups is 5. The molecular formula is C29H30F4N10O6. The lowest BCUT2D eigenvalue weighted by Gasteiger charge is -2.39. The quantitative estimate of drug-likeness (QED) is 0.238. The Labute approximate surface area is 274 Å². The normalized spacial score (nSPS) is 20.6. The molecule has 7 rings (SSSR count). The second-order valence-electron chi connectivity index (χ2n) is 11.9. The number of H-pyrrole nitrogens is 1. The van der Waals surface area contributed by atoms with Crippen molar-refractivity contribution in [1.29, 1.82) is 0 Å². The molecule has 3 N–H and O–H groups in total. The van der Waals surface area contributed by atoms with E-state index < -0.39 is 47.6 Å². The van der Waals surface area contributed by atoms with Crippen molar-refractivity contribution in [3.8, 4) is 0 Å². The molecule has 3 aliphatic heterocycles. The smallest absolute Gasteiger partial charge is 0.475 e. The molecule has 2 aromatic heterocycles. The summed E-state index contributed by atoms with van der Waals surface area (Å²) in [6.45, 7) is 4.02. The number of carboxylic acids is 1. The lowest BCUT2D eigenvalue weighted by atomic mass is 10.0. The number of aliphatic carboxylic acids is 1. The number of imidazole rings is 1. The number of aromatic nitrogens is 6. The summed E-state index contributed by atoms with van der Waals surface area (Å²) < 4.78 is 49.1. The first-order chi connectivity index (χ1) is 23.3. The van der Waals surface area contributed by atoms with Crippen LogP contribution < -0.4 is 10.2 Å². The summed E-state index contributed by atoms with van der Waals surface area (Å²) >= 11 is 0. The van der Waals surface area contributed by atoms with E-state index in [1.807, 2.05) is 22.7 Å². The van der Waals surface area contributed by atoms with Gasteiger partial charge < -0.3 is 15.0 Å². The minimum atomic E-state index is -5.08. The Bertz CT molecular complexity index is 1810. The number of imide groups is 2. The molecule has 3 aromatic rings. The lowest BCUT2D eigenvalue weighted by molar-refractivity contribution is -0.192. The van der Waals surface area contributed by atoms with Crippen LogP contribution in [0.25, 0.3) is 0 Å². The summed E-state index contributed by atoms with van der Waals surface area (Å²) in [4.78, 5) is 72.0. The molecule has 49 heavy (non-hydrogen) atoms. The summed E-state index contributed by atoms with van der Waals surface area (Å²) in [6, 6.07) is 1.39. The van der Waals surface area contributed by atoms with Gasteiger partial charge in [-0.2, -0.15) is 13.2 Å². The first-order valence-electron chi connectivity index (χ1n) is 15.4. The van der Waals surface area contributed by atoms with Crippen LogP contribution in [0.4, 0.5) is 23.2 Å². The molecule has 0 spiro atoms. The Hall–Kier alpha value is -5.27. The number of fused-ring (bicyclic) bond motifs is 1. The van der Waals surface area contributed by atoms with Crippen molar-refractivity contribution in [2.24, 2.45) is 0 Å². The number of tetrazole rings is 1. The molecule has 20 heteroatoms. The Morgan fingerprint density at radius 1 is 1.04 bits per heavy atom. The molecule has 2 saturated heterocycles. The predicted octanol–water partition coefficient (Wildman–Crippen LogP) is 1.38. The van der Waals surface area contributed by atoms with Crippen LogP contribution in [0.3, 0.4) is 0 Å². The third-order valence-electron chi connectivity index (χ3n) is 8.70. The SMILES string of the molecule is CCc1ncc(C(c2nnnn2C2CC2)N2CCN(c3cc4c(cc3F)C(=O)N(C3CCC(=O)NC3=O)C4=O)CC2)[nH]1.O=C(O)C(F)(F)F. The fraction of sp³-hybridized carbons (Fsp3) is 0.483. The van der Waals surface area contributed by atoms with Gasteiger partial charge in [0.05, 0.1) is 34.7 Å². The topological polar surface area (TPSA) is 200 Å². The standard InChI is InChI=1S/C27H29FN10O4.C2HF3O2/c1-2-21-29-13-18(30-21)23(24-32-33-34-38(24)14-3-4-14)36-9-7-35(8-10-36)20-12-16-15(11-17(20)28)26(41)37(27(16)42)19-5-6-22(39)31-25(19)40;3-2(4,5)1(6)7/h11-14,19,23H,2-10H2,1H3,(H,29,30)(H,31,39,40);(H,6,7). The molecule has 0 radical (unpaired) electrons. The minimum absolute atomic E-state index is 0.0139. The zero-order valence-corrected chi connectivity index (χ0v) is 25.9. The molecule has 1 aromatic carbocycles. The number of alkyl halides is 3. The third-order valence-corrected chi connectivity index (χ3v) is 8.70. The number of halogens is 4. The number of carbonyl (C=O) groups excluding carboxylic acids is 4. The van der Waals surface area contributed by atoms with Gasteiger partial charge in [-0.25, -0.2) is 18.9 Å². The zero-order chi connectivity index (χ0) is 35.2. The number of piperazine rings is 1. The van der Waals surface area contributed by atoms with Gasteiger partial charge in [0, 0.05) is 39.0 Å². The largest absolute Gasteiger partial charge is 0.490 e. The Kier molecular flexibility index (Phi) is 8.90. The molecule has 2 atom stereocenters. The van der Waals surface area contributed by atoms with Crippen LogP contribution in [0.15, 0.2) is 18.3 Å². The maximum Gasteiger partial charge on any atom is 0.490 e. The number of hydrogen-bond acceptors (Lipinski definition) is 11. The van der Waals surface area contributed by atoms with E-state index in [0.717, 1.165) is 47.6 Å². The second-order valence-corrected chi connectivity index (χ2v) is 11.9. The van der Waals surface area contributed by atoms with E-state index in [0.29, 0.717) is 26.2 Å². The number of carboxylic acid groups (broad SMARTS) is 1. The second kappa shape index (κ2) is 13.0. The van der Waals surface area contributed by atoms with E-state index >= 15 is 4.39 Å². The number of nitrogens with zero attached hydrogens (tertiary/aromatic N) is 8. The summed E-state index contributed by atoms with van der Waals surface area (Å²) in [5, 5.41) is 21.9. The average molecular weight is 691 g/mol. The third kappa shape index (κ3) is 6.59. The molecule has 4 amide bonds. The summed E-state index contributed by atoms with van der Waals surface area (Å²) in [5.74, 6) is -4.34. The van der Waals surface area contributed by atoms with Crippen molar-refractivity contribution in [2.75, 3.05) is 31.1 Å². The molecule has 5 heterocycles. The summed E-state index contributed by atoms with van der Waals surface area (Å²) in [5.41, 5.74) is 1.07. The van der Waals surface area contributed by atoms with Crippen LogP contribution in [0.1, 0.15) is 82.7 Å². The fourth-order valence-electron chi connectivity index (χ4n) is 6.10. The minimum Gasteiger partial charge on any atom is -0.475 e. The molecule has 0 bridgehead atoms. The maximum absolute atomic E-state index is 15.5. The molecule has 3 fully saturated rings. The molecular weight excluding hydrogens is 660 g/mol. The highest BCUT2D eigenvalue weighted by Gasteiger charge is 2.46. The zero-order valence-electron chi connectivity index (χ0n) is 25.9. The highest BCUT2D eigenvalue weighted by atomic mass is 19.4. The number of nitrogens with one attached hydrogen (secondary N) is 2. The van der Waals surface area contributed by atoms with Crippen LogP contribution >= 0.6 is 0 Å². The van der Waals surface area contributed by atoms with Crippen molar-refractivity contribution < 1.29 is 46.6 Å². The van der Waals surface area contributed by atoms with Gasteiger partial charge in [-0.05, 0) is 41.8 Å². The molecule has 1 saturated carbocycles. The van der Waals surface area contributed by atoms with Gasteiger partial charge in [-0.3, -0.25) is 34.3 Å². The summed E-state index contributed by atoms with van der Waals surface area (Å²) in [7, 11) is 0. The number of piperidine rings is 1. The van der Waals surface area contributed by atoms with Crippen molar-refractivity contribution in [3.63, 3.8) is 0 Å². The van der Waals surface area contributed by atoms with Gasteiger partial charge in [0.2, 0.25) is 11.8 Å². The van der Waals surface area contributed by atoms with E-state index in [1.165, 1.54) is 6.07 Å². The van der Waals surface area contributed by atoms with Crippen molar-refractivity contribution in [3.05, 3.63) is 52.6 Å². The van der Waals surface area contributed by atoms with E-state index in [-0.39, 0.29) is 41.7 Å². The number of amides is 4. The number of anilines is 1. The van der Waals surface area contributed by atoms with Crippen LogP contribution in [0.2, 0.25) is 0 Å². The fourth-order valence-corrected chi connectivity index (χ4v) is 6.10. The van der Waals surface area contributed by atoms with Gasteiger partial charge in [-0.15, -0.1) is 5.10 Å². The number of hydrogen-bond donors (Lipinski definition) is 3. The van der Waals surface area contributed by atoms with Crippen molar-refractivity contribution in [1.82, 2.24) is 45.3 Å².